The van der Waals surface area contributed by atoms with E-state index in [1.165, 1.54) is 17.5 Å². The third-order valence-corrected chi connectivity index (χ3v) is 7.06. The van der Waals surface area contributed by atoms with Crippen LogP contribution in [0.5, 0.6) is 0 Å². The van der Waals surface area contributed by atoms with Crippen molar-refractivity contribution >= 4 is 12.0 Å². The third-order valence-electron chi connectivity index (χ3n) is 7.06. The van der Waals surface area contributed by atoms with Gasteiger partial charge in [0.25, 0.3) is 0 Å². The molecule has 0 bridgehead atoms. The fourth-order valence-electron chi connectivity index (χ4n) is 5.33. The Morgan fingerprint density at radius 1 is 1.31 bits per heavy atom. The number of benzene rings is 1. The Labute approximate surface area is 154 Å². The molecule has 138 valence electrons. The molecule has 2 heterocycles. The number of carbonyl (C=O) groups excluding carboxylic acids is 2. The lowest BCUT2D eigenvalue weighted by Gasteiger charge is -2.43. The summed E-state index contributed by atoms with van der Waals surface area (Å²) in [5.41, 5.74) is 2.70. The van der Waals surface area contributed by atoms with Crippen molar-refractivity contribution in [2.45, 2.75) is 50.0 Å². The van der Waals surface area contributed by atoms with Gasteiger partial charge >= 0.3 is 6.09 Å². The lowest BCUT2D eigenvalue weighted by Crippen LogP contribution is -2.58. The molecule has 0 radical (unpaired) electrons. The summed E-state index contributed by atoms with van der Waals surface area (Å²) < 4.78 is 5.02. The minimum Gasteiger partial charge on any atom is -0.447 e. The molecule has 2 aliphatic heterocycles. The number of cyclic esters (lactones) is 1. The van der Waals surface area contributed by atoms with Crippen LogP contribution in [0.3, 0.4) is 0 Å². The van der Waals surface area contributed by atoms with Crippen LogP contribution in [0.2, 0.25) is 0 Å². The Morgan fingerprint density at radius 2 is 2.12 bits per heavy atom. The summed E-state index contributed by atoms with van der Waals surface area (Å²) >= 11 is 0. The van der Waals surface area contributed by atoms with Gasteiger partial charge in [0.1, 0.15) is 6.61 Å². The molecule has 0 aromatic heterocycles. The predicted molar refractivity (Wildman–Crippen MR) is 96.8 cm³/mol. The van der Waals surface area contributed by atoms with Crippen molar-refractivity contribution < 1.29 is 14.3 Å². The molecule has 1 aromatic carbocycles. The van der Waals surface area contributed by atoms with E-state index in [2.05, 4.69) is 48.3 Å². The first-order valence-corrected chi connectivity index (χ1v) is 9.75. The summed E-state index contributed by atoms with van der Waals surface area (Å²) in [4.78, 5) is 26.3. The monoisotopic (exact) mass is 354 g/mol. The number of piperidine rings is 1. The van der Waals surface area contributed by atoms with E-state index in [9.17, 15) is 9.59 Å². The number of carbonyl (C=O) groups is 2. The van der Waals surface area contributed by atoms with Crippen molar-refractivity contribution in [3.63, 3.8) is 0 Å². The fourth-order valence-corrected chi connectivity index (χ4v) is 5.33. The highest BCUT2D eigenvalue weighted by molar-refractivity contribution is 5.82. The van der Waals surface area contributed by atoms with Crippen LogP contribution in [0, 0.1) is 11.8 Å². The zero-order chi connectivity index (χ0) is 18.1. The smallest absolute Gasteiger partial charge is 0.407 e. The van der Waals surface area contributed by atoms with E-state index < -0.39 is 0 Å². The van der Waals surface area contributed by atoms with Gasteiger partial charge in [0.15, 0.2) is 0 Å². The summed E-state index contributed by atoms with van der Waals surface area (Å²) in [6, 6.07) is 8.95. The van der Waals surface area contributed by atoms with Gasteiger partial charge in [-0.3, -0.25) is 4.79 Å². The number of likely N-dealkylation sites (tertiary alicyclic amines) is 1. The minimum absolute atomic E-state index is 0.0357. The SMILES string of the molecule is CC(C)c1cccc([C@]23C[C@H]2CN(C(=O)[C@H]2C[C@]4(COC(=O)N4)C2)C3)c1. The van der Waals surface area contributed by atoms with E-state index in [1.807, 2.05) is 0 Å². The summed E-state index contributed by atoms with van der Waals surface area (Å²) in [5, 5.41) is 2.88. The van der Waals surface area contributed by atoms with Gasteiger partial charge in [-0.15, -0.1) is 0 Å². The number of rotatable bonds is 3. The molecule has 2 saturated carbocycles. The normalized spacial score (nSPS) is 37.3. The topological polar surface area (TPSA) is 58.6 Å². The van der Waals surface area contributed by atoms with Gasteiger partial charge in [-0.1, -0.05) is 38.1 Å². The van der Waals surface area contributed by atoms with Crippen LogP contribution >= 0.6 is 0 Å². The number of hydrogen-bond donors (Lipinski definition) is 1. The van der Waals surface area contributed by atoms with Crippen molar-refractivity contribution in [2.75, 3.05) is 19.7 Å². The summed E-state index contributed by atoms with van der Waals surface area (Å²) in [7, 11) is 0. The zero-order valence-electron chi connectivity index (χ0n) is 15.5. The number of nitrogens with one attached hydrogen (secondary N) is 1. The van der Waals surface area contributed by atoms with Crippen LogP contribution in [0.1, 0.15) is 50.2 Å². The van der Waals surface area contributed by atoms with E-state index in [-0.39, 0.29) is 28.9 Å². The molecule has 4 aliphatic rings. The van der Waals surface area contributed by atoms with E-state index in [1.54, 1.807) is 0 Å². The number of fused-ring (bicyclic) bond motifs is 1. The van der Waals surface area contributed by atoms with E-state index in [4.69, 9.17) is 4.74 Å². The molecule has 5 heteroatoms. The van der Waals surface area contributed by atoms with Crippen LogP contribution < -0.4 is 5.32 Å². The number of nitrogens with zero attached hydrogens (tertiary/aromatic N) is 1. The second-order valence-corrected chi connectivity index (χ2v) is 9.14. The first kappa shape index (κ1) is 16.2. The van der Waals surface area contributed by atoms with Crippen LogP contribution in [0.15, 0.2) is 24.3 Å². The molecule has 5 nitrogen and oxygen atoms in total. The Kier molecular flexibility index (Phi) is 3.26. The Morgan fingerprint density at radius 3 is 2.81 bits per heavy atom. The van der Waals surface area contributed by atoms with Crippen LogP contribution in [-0.4, -0.2) is 42.1 Å². The molecule has 2 amide bonds. The molecule has 26 heavy (non-hydrogen) atoms. The van der Waals surface area contributed by atoms with Crippen LogP contribution in [0.25, 0.3) is 0 Å². The fraction of sp³-hybridized carbons (Fsp3) is 0.619. The predicted octanol–water partition coefficient (Wildman–Crippen LogP) is 2.80. The number of alkyl carbamates (subject to hydrolysis) is 1. The quantitative estimate of drug-likeness (QED) is 0.908. The van der Waals surface area contributed by atoms with Gasteiger partial charge in [0, 0.05) is 24.4 Å². The van der Waals surface area contributed by atoms with Crippen molar-refractivity contribution in [3.8, 4) is 0 Å². The highest BCUT2D eigenvalue weighted by atomic mass is 16.6. The average Bonchev–Trinajstić information content (AvgIpc) is 2.96. The van der Waals surface area contributed by atoms with Crippen molar-refractivity contribution in [2.24, 2.45) is 11.8 Å². The van der Waals surface area contributed by atoms with Gasteiger partial charge < -0.3 is 15.0 Å². The molecule has 1 aromatic rings. The number of hydrogen-bond acceptors (Lipinski definition) is 3. The van der Waals surface area contributed by atoms with Crippen LogP contribution in [0.4, 0.5) is 4.79 Å². The molecule has 1 spiro atoms. The maximum Gasteiger partial charge on any atom is 0.407 e. The van der Waals surface area contributed by atoms with E-state index in [0.717, 1.165) is 13.1 Å². The number of ether oxygens (including phenoxy) is 1. The molecular formula is C21H26N2O3. The maximum absolute atomic E-state index is 12.9. The minimum atomic E-state index is -0.345. The summed E-state index contributed by atoms with van der Waals surface area (Å²) in [6.45, 7) is 6.60. The maximum atomic E-state index is 12.9. The first-order valence-electron chi connectivity index (χ1n) is 9.75. The van der Waals surface area contributed by atoms with E-state index >= 15 is 0 Å². The average molecular weight is 354 g/mol. The van der Waals surface area contributed by atoms with Gasteiger partial charge in [-0.05, 0) is 42.2 Å². The van der Waals surface area contributed by atoms with E-state index in [0.29, 0.717) is 31.3 Å². The molecule has 2 aliphatic carbocycles. The van der Waals surface area contributed by atoms with Crippen molar-refractivity contribution in [1.82, 2.24) is 10.2 Å². The van der Waals surface area contributed by atoms with Gasteiger partial charge in [-0.25, -0.2) is 4.79 Å². The summed E-state index contributed by atoms with van der Waals surface area (Å²) in [5.74, 6) is 1.44. The molecule has 1 N–H and O–H groups in total. The van der Waals surface area contributed by atoms with Crippen molar-refractivity contribution in [3.05, 3.63) is 35.4 Å². The molecule has 2 saturated heterocycles. The Bertz CT molecular complexity index is 783. The highest BCUT2D eigenvalue weighted by Gasteiger charge is 2.63. The first-order chi connectivity index (χ1) is 12.4. The third kappa shape index (κ3) is 2.29. The number of amides is 2. The summed E-state index contributed by atoms with van der Waals surface area (Å²) in [6.07, 6.45) is 2.29. The second-order valence-electron chi connectivity index (χ2n) is 9.14. The standard InChI is InChI=1S/C21H26N2O3/c1-13(2)14-4-3-5-16(6-14)21-9-17(21)10-23(11-21)18(24)15-7-20(8-15)12-26-19(25)22-20/h3-6,13,15,17H,7-12H2,1-2H3,(H,22,25)/t15-,17-,20+,21+/m0/s1. The van der Waals surface area contributed by atoms with Crippen molar-refractivity contribution in [1.29, 1.82) is 0 Å². The van der Waals surface area contributed by atoms with Gasteiger partial charge in [-0.2, -0.15) is 0 Å². The molecular weight excluding hydrogens is 328 g/mol. The molecule has 4 fully saturated rings. The lowest BCUT2D eigenvalue weighted by molar-refractivity contribution is -0.140. The zero-order valence-corrected chi connectivity index (χ0v) is 15.5. The molecule has 2 atom stereocenters. The largest absolute Gasteiger partial charge is 0.447 e. The molecule has 0 unspecified atom stereocenters. The highest BCUT2D eigenvalue weighted by Crippen LogP contribution is 2.59. The van der Waals surface area contributed by atoms with Crippen LogP contribution in [-0.2, 0) is 14.9 Å². The van der Waals surface area contributed by atoms with Gasteiger partial charge in [0.2, 0.25) is 5.91 Å². The Hall–Kier alpha value is -2.04. The second kappa shape index (κ2) is 5.24. The van der Waals surface area contributed by atoms with Gasteiger partial charge in [0.05, 0.1) is 5.54 Å². The lowest BCUT2D eigenvalue weighted by atomic mass is 9.68. The molecule has 5 rings (SSSR count). The Balaban J connectivity index is 1.26.